The van der Waals surface area contributed by atoms with Crippen LogP contribution in [0.25, 0.3) is 0 Å². The van der Waals surface area contributed by atoms with Gasteiger partial charge in [-0.1, -0.05) is 12.1 Å². The van der Waals surface area contributed by atoms with E-state index in [4.69, 9.17) is 16.2 Å². The van der Waals surface area contributed by atoms with Crippen molar-refractivity contribution in [1.82, 2.24) is 4.90 Å². The number of ether oxygens (including phenoxy) is 1. The van der Waals surface area contributed by atoms with Crippen molar-refractivity contribution >= 4 is 29.9 Å². The molecule has 1 aliphatic heterocycles. The third-order valence-corrected chi connectivity index (χ3v) is 3.17. The van der Waals surface area contributed by atoms with E-state index < -0.39 is 0 Å². The first-order valence-corrected chi connectivity index (χ1v) is 6.29. The van der Waals surface area contributed by atoms with Crippen LogP contribution in [-0.4, -0.2) is 43.7 Å². The third-order valence-electron chi connectivity index (χ3n) is 3.17. The number of morpholine rings is 1. The van der Waals surface area contributed by atoms with Crippen LogP contribution in [-0.2, 0) is 4.74 Å². The highest BCUT2D eigenvalue weighted by atomic mass is 127. The van der Waals surface area contributed by atoms with Gasteiger partial charge in [-0.25, -0.2) is 4.39 Å². The number of halogens is 2. The smallest absolute Gasteiger partial charge is 0.185 e. The van der Waals surface area contributed by atoms with Crippen LogP contribution in [0.2, 0.25) is 0 Å². The Hall–Kier alpha value is -0.930. The topological polar surface area (TPSA) is 76.9 Å². The minimum atomic E-state index is -0.250. The Kier molecular flexibility index (Phi) is 7.17. The highest BCUT2D eigenvalue weighted by Crippen LogP contribution is 2.22. The Morgan fingerprint density at radius 1 is 1.35 bits per heavy atom. The Labute approximate surface area is 135 Å². The van der Waals surface area contributed by atoms with E-state index in [1.54, 1.807) is 6.07 Å². The normalized spacial score (nSPS) is 17.1. The molecular weight excluding hydrogens is 374 g/mol. The molecule has 1 aliphatic rings. The molecule has 112 valence electrons. The molecule has 1 atom stereocenters. The van der Waals surface area contributed by atoms with Crippen molar-refractivity contribution in [3.63, 3.8) is 0 Å². The van der Waals surface area contributed by atoms with Crippen molar-refractivity contribution in [3.05, 3.63) is 35.6 Å². The molecule has 0 saturated carbocycles. The average molecular weight is 394 g/mol. The van der Waals surface area contributed by atoms with Gasteiger partial charge in [0.15, 0.2) is 5.96 Å². The van der Waals surface area contributed by atoms with Gasteiger partial charge in [-0.3, -0.25) is 9.89 Å². The van der Waals surface area contributed by atoms with Crippen LogP contribution in [0.3, 0.4) is 0 Å². The number of aliphatic imine (C=N–C) groups is 1. The predicted molar refractivity (Wildman–Crippen MR) is 87.6 cm³/mol. The maximum atomic E-state index is 13.4. The summed E-state index contributed by atoms with van der Waals surface area (Å²) in [5, 5.41) is 0. The van der Waals surface area contributed by atoms with Gasteiger partial charge in [0.2, 0.25) is 0 Å². The van der Waals surface area contributed by atoms with Crippen molar-refractivity contribution < 1.29 is 9.13 Å². The first-order valence-electron chi connectivity index (χ1n) is 6.29. The fraction of sp³-hybridized carbons (Fsp3) is 0.462. The standard InChI is InChI=1S/C13H19FN4O.HI/c14-11-3-1-2-10(8-11)12(9-17-13(15)16)18-4-6-19-7-5-18;/h1-3,8,12H,4-7,9H2,(H4,15,16,17);1H. The molecule has 1 heterocycles. The predicted octanol–water partition coefficient (Wildman–Crippen LogP) is 1.09. The SMILES string of the molecule is I.NC(N)=NCC(c1cccc(F)c1)N1CCOCC1. The second kappa shape index (κ2) is 8.38. The number of hydrogen-bond donors (Lipinski definition) is 2. The zero-order chi connectivity index (χ0) is 13.7. The van der Waals surface area contributed by atoms with Gasteiger partial charge in [0.05, 0.1) is 25.8 Å². The van der Waals surface area contributed by atoms with Crippen molar-refractivity contribution in [2.45, 2.75) is 6.04 Å². The zero-order valence-electron chi connectivity index (χ0n) is 11.2. The molecule has 5 nitrogen and oxygen atoms in total. The quantitative estimate of drug-likeness (QED) is 0.456. The van der Waals surface area contributed by atoms with Crippen LogP contribution in [0.4, 0.5) is 4.39 Å². The molecule has 1 unspecified atom stereocenters. The number of benzene rings is 1. The van der Waals surface area contributed by atoms with Crippen LogP contribution in [0.15, 0.2) is 29.3 Å². The lowest BCUT2D eigenvalue weighted by Crippen LogP contribution is -2.40. The fourth-order valence-electron chi connectivity index (χ4n) is 2.23. The van der Waals surface area contributed by atoms with Crippen LogP contribution in [0, 0.1) is 5.82 Å². The van der Waals surface area contributed by atoms with Gasteiger partial charge >= 0.3 is 0 Å². The van der Waals surface area contributed by atoms with Gasteiger partial charge in [-0.05, 0) is 17.7 Å². The summed E-state index contributed by atoms with van der Waals surface area (Å²) in [4.78, 5) is 6.29. The first kappa shape index (κ1) is 17.1. The lowest BCUT2D eigenvalue weighted by molar-refractivity contribution is 0.0179. The van der Waals surface area contributed by atoms with Gasteiger partial charge in [0.1, 0.15) is 5.82 Å². The Morgan fingerprint density at radius 3 is 2.65 bits per heavy atom. The van der Waals surface area contributed by atoms with Gasteiger partial charge in [-0.2, -0.15) is 0 Å². The van der Waals surface area contributed by atoms with Gasteiger partial charge < -0.3 is 16.2 Å². The zero-order valence-corrected chi connectivity index (χ0v) is 13.5. The first-order chi connectivity index (χ1) is 9.16. The van der Waals surface area contributed by atoms with E-state index in [0.717, 1.165) is 18.7 Å². The molecule has 0 aromatic heterocycles. The Balaban J connectivity index is 0.00000200. The monoisotopic (exact) mass is 394 g/mol. The summed E-state index contributed by atoms with van der Waals surface area (Å²) in [6.45, 7) is 3.36. The minimum Gasteiger partial charge on any atom is -0.379 e. The van der Waals surface area contributed by atoms with Crippen molar-refractivity contribution in [2.24, 2.45) is 16.5 Å². The summed E-state index contributed by atoms with van der Waals surface area (Å²) in [6, 6.07) is 6.53. The van der Waals surface area contributed by atoms with Crippen molar-refractivity contribution in [2.75, 3.05) is 32.8 Å². The van der Waals surface area contributed by atoms with Gasteiger partial charge in [-0.15, -0.1) is 24.0 Å². The second-order valence-corrected chi connectivity index (χ2v) is 4.48. The molecule has 1 aromatic rings. The third kappa shape index (κ3) is 4.88. The number of nitrogens with two attached hydrogens (primary N) is 2. The van der Waals surface area contributed by atoms with E-state index >= 15 is 0 Å². The summed E-state index contributed by atoms with van der Waals surface area (Å²) in [5.74, 6) is -0.199. The summed E-state index contributed by atoms with van der Waals surface area (Å²) in [7, 11) is 0. The van der Waals surface area contributed by atoms with Crippen molar-refractivity contribution in [1.29, 1.82) is 0 Å². The number of nitrogens with zero attached hydrogens (tertiary/aromatic N) is 2. The summed E-state index contributed by atoms with van der Waals surface area (Å²) >= 11 is 0. The summed E-state index contributed by atoms with van der Waals surface area (Å²) in [6.07, 6.45) is 0. The molecule has 1 fully saturated rings. The maximum Gasteiger partial charge on any atom is 0.185 e. The molecule has 0 bridgehead atoms. The molecular formula is C13H20FIN4O. The molecule has 2 rings (SSSR count). The maximum absolute atomic E-state index is 13.4. The summed E-state index contributed by atoms with van der Waals surface area (Å²) < 4.78 is 18.7. The number of guanidine groups is 1. The summed E-state index contributed by atoms with van der Waals surface area (Å²) in [5.41, 5.74) is 11.7. The molecule has 0 radical (unpaired) electrons. The number of hydrogen-bond acceptors (Lipinski definition) is 3. The van der Waals surface area contributed by atoms with E-state index in [-0.39, 0.29) is 41.8 Å². The molecule has 0 aliphatic carbocycles. The Bertz CT molecular complexity index is 448. The van der Waals surface area contributed by atoms with Crippen molar-refractivity contribution in [3.8, 4) is 0 Å². The lowest BCUT2D eigenvalue weighted by Gasteiger charge is -2.34. The van der Waals surface area contributed by atoms with Crippen LogP contribution in [0.5, 0.6) is 0 Å². The molecule has 7 heteroatoms. The van der Waals surface area contributed by atoms with E-state index in [0.29, 0.717) is 19.8 Å². The molecule has 20 heavy (non-hydrogen) atoms. The highest BCUT2D eigenvalue weighted by molar-refractivity contribution is 14.0. The van der Waals surface area contributed by atoms with E-state index in [2.05, 4.69) is 9.89 Å². The van der Waals surface area contributed by atoms with Gasteiger partial charge in [0.25, 0.3) is 0 Å². The highest BCUT2D eigenvalue weighted by Gasteiger charge is 2.22. The average Bonchev–Trinajstić information content (AvgIpc) is 2.40. The molecule has 4 N–H and O–H groups in total. The van der Waals surface area contributed by atoms with Crippen LogP contribution < -0.4 is 11.5 Å². The molecule has 1 aromatic carbocycles. The van der Waals surface area contributed by atoms with Crippen LogP contribution in [0.1, 0.15) is 11.6 Å². The lowest BCUT2D eigenvalue weighted by atomic mass is 10.0. The van der Waals surface area contributed by atoms with E-state index in [1.165, 1.54) is 12.1 Å². The molecule has 1 saturated heterocycles. The number of rotatable bonds is 4. The largest absolute Gasteiger partial charge is 0.379 e. The molecule has 0 amide bonds. The molecule has 0 spiro atoms. The van der Waals surface area contributed by atoms with Gasteiger partial charge in [0, 0.05) is 13.1 Å². The minimum absolute atomic E-state index is 0. The van der Waals surface area contributed by atoms with Crippen LogP contribution >= 0.6 is 24.0 Å². The Morgan fingerprint density at radius 2 is 2.05 bits per heavy atom. The second-order valence-electron chi connectivity index (χ2n) is 4.48. The van der Waals surface area contributed by atoms with E-state index in [1.807, 2.05) is 6.07 Å². The fourth-order valence-corrected chi connectivity index (χ4v) is 2.23. The van der Waals surface area contributed by atoms with E-state index in [9.17, 15) is 4.39 Å².